The number of piperidine rings is 1. The van der Waals surface area contributed by atoms with Crippen LogP contribution < -0.4 is 10.7 Å². The van der Waals surface area contributed by atoms with Crippen LogP contribution in [0.1, 0.15) is 39.0 Å². The molecule has 0 aromatic carbocycles. The molecule has 0 bridgehead atoms. The summed E-state index contributed by atoms with van der Waals surface area (Å²) >= 11 is 0. The lowest BCUT2D eigenvalue weighted by molar-refractivity contribution is 0.271. The summed E-state index contributed by atoms with van der Waals surface area (Å²) in [5.74, 6) is 1.47. The summed E-state index contributed by atoms with van der Waals surface area (Å²) in [6, 6.07) is 0. The molecule has 0 radical (unpaired) electrons. The van der Waals surface area contributed by atoms with E-state index < -0.39 is 0 Å². The van der Waals surface area contributed by atoms with E-state index in [-0.39, 0.29) is 0 Å². The molecule has 2 aromatic heterocycles. The third kappa shape index (κ3) is 3.30. The minimum Gasteiger partial charge on any atom is -0.368 e. The first-order valence-electron chi connectivity index (χ1n) is 8.22. The second-order valence-corrected chi connectivity index (χ2v) is 5.86. The lowest BCUT2D eigenvalue weighted by Gasteiger charge is -2.26. The topological polar surface area (TPSA) is 70.9 Å². The number of hydrogen-bond acceptors (Lipinski definition) is 6. The number of fused-ring (bicyclic) bond motifs is 1. The van der Waals surface area contributed by atoms with Gasteiger partial charge in [-0.2, -0.15) is 9.97 Å². The Hall–Kier alpha value is -1.89. The van der Waals surface area contributed by atoms with Gasteiger partial charge in [-0.3, -0.25) is 5.43 Å². The van der Waals surface area contributed by atoms with Crippen molar-refractivity contribution in [3.8, 4) is 0 Å². The molecule has 1 fully saturated rings. The number of hydrogen-bond donors (Lipinski definition) is 2. The smallest absolute Gasteiger partial charge is 0.241 e. The molecule has 2 aromatic rings. The molecule has 2 N–H and O–H groups in total. The molecule has 3 heterocycles. The van der Waals surface area contributed by atoms with Gasteiger partial charge in [-0.15, -0.1) is 0 Å². The average molecular weight is 303 g/mol. The van der Waals surface area contributed by atoms with Crippen molar-refractivity contribution in [1.29, 1.82) is 0 Å². The minimum atomic E-state index is 0.650. The number of unbranched alkanes of at least 4 members (excludes halogenated alkanes) is 1. The third-order valence-electron chi connectivity index (χ3n) is 4.00. The Morgan fingerprint density at radius 2 is 2.00 bits per heavy atom. The Morgan fingerprint density at radius 1 is 1.18 bits per heavy atom. The normalized spacial score (nSPS) is 16.1. The molecule has 120 valence electrons. The summed E-state index contributed by atoms with van der Waals surface area (Å²) in [7, 11) is 1.96. The number of anilines is 2. The molecule has 0 saturated carbocycles. The SMILES string of the molecule is CCCCNc1nc(NN2CCCCC2)nc2c1ncn2C. The van der Waals surface area contributed by atoms with Crippen LogP contribution in [0, 0.1) is 0 Å². The van der Waals surface area contributed by atoms with E-state index in [9.17, 15) is 0 Å². The van der Waals surface area contributed by atoms with Crippen molar-refractivity contribution in [1.82, 2.24) is 24.5 Å². The van der Waals surface area contributed by atoms with Crippen molar-refractivity contribution < 1.29 is 0 Å². The number of imidazole rings is 1. The summed E-state index contributed by atoms with van der Waals surface area (Å²) in [4.78, 5) is 13.7. The summed E-state index contributed by atoms with van der Waals surface area (Å²) in [5, 5.41) is 5.60. The van der Waals surface area contributed by atoms with Gasteiger partial charge in [0.25, 0.3) is 0 Å². The zero-order valence-corrected chi connectivity index (χ0v) is 13.5. The summed E-state index contributed by atoms with van der Waals surface area (Å²) < 4.78 is 1.93. The summed E-state index contributed by atoms with van der Waals surface area (Å²) in [5.41, 5.74) is 5.04. The third-order valence-corrected chi connectivity index (χ3v) is 4.00. The van der Waals surface area contributed by atoms with E-state index in [1.165, 1.54) is 19.3 Å². The van der Waals surface area contributed by atoms with E-state index in [0.717, 1.165) is 49.5 Å². The highest BCUT2D eigenvalue weighted by Crippen LogP contribution is 2.21. The van der Waals surface area contributed by atoms with Crippen molar-refractivity contribution >= 4 is 22.9 Å². The van der Waals surface area contributed by atoms with Crippen molar-refractivity contribution in [2.45, 2.75) is 39.0 Å². The van der Waals surface area contributed by atoms with Crippen LogP contribution in [0.15, 0.2) is 6.33 Å². The first kappa shape index (κ1) is 15.0. The molecule has 7 heteroatoms. The van der Waals surface area contributed by atoms with E-state index in [1.807, 2.05) is 11.6 Å². The number of nitrogens with zero attached hydrogens (tertiary/aromatic N) is 5. The Labute approximate surface area is 131 Å². The quantitative estimate of drug-likeness (QED) is 0.799. The fourth-order valence-corrected chi connectivity index (χ4v) is 2.71. The van der Waals surface area contributed by atoms with Gasteiger partial charge in [-0.1, -0.05) is 19.8 Å². The molecule has 1 aliphatic rings. The highest BCUT2D eigenvalue weighted by Gasteiger charge is 2.15. The molecular formula is C15H25N7. The molecule has 0 amide bonds. The number of hydrazine groups is 1. The van der Waals surface area contributed by atoms with E-state index in [1.54, 1.807) is 6.33 Å². The van der Waals surface area contributed by atoms with Gasteiger partial charge in [0.2, 0.25) is 5.95 Å². The van der Waals surface area contributed by atoms with Gasteiger partial charge in [0, 0.05) is 26.7 Å². The minimum absolute atomic E-state index is 0.650. The molecule has 1 aliphatic heterocycles. The van der Waals surface area contributed by atoms with Crippen LogP contribution in [0.5, 0.6) is 0 Å². The molecule has 22 heavy (non-hydrogen) atoms. The van der Waals surface area contributed by atoms with Crippen molar-refractivity contribution in [2.24, 2.45) is 7.05 Å². The highest BCUT2D eigenvalue weighted by atomic mass is 15.5. The molecule has 7 nitrogen and oxygen atoms in total. The van der Waals surface area contributed by atoms with Gasteiger partial charge in [-0.05, 0) is 19.3 Å². The largest absolute Gasteiger partial charge is 0.368 e. The van der Waals surface area contributed by atoms with Crippen molar-refractivity contribution in [2.75, 3.05) is 30.4 Å². The van der Waals surface area contributed by atoms with Crippen LogP contribution in [-0.2, 0) is 7.05 Å². The van der Waals surface area contributed by atoms with Crippen molar-refractivity contribution in [3.05, 3.63) is 6.33 Å². The van der Waals surface area contributed by atoms with Crippen LogP contribution in [-0.4, -0.2) is 44.2 Å². The Balaban J connectivity index is 1.84. The molecule has 0 aliphatic carbocycles. The number of aryl methyl sites for hydroxylation is 1. The number of rotatable bonds is 6. The van der Waals surface area contributed by atoms with Crippen LogP contribution >= 0.6 is 0 Å². The second kappa shape index (κ2) is 6.91. The second-order valence-electron chi connectivity index (χ2n) is 5.86. The Morgan fingerprint density at radius 3 is 2.77 bits per heavy atom. The van der Waals surface area contributed by atoms with Crippen molar-refractivity contribution in [3.63, 3.8) is 0 Å². The molecule has 1 saturated heterocycles. The molecule has 0 spiro atoms. The molecule has 0 unspecified atom stereocenters. The zero-order valence-electron chi connectivity index (χ0n) is 13.5. The van der Waals surface area contributed by atoms with Gasteiger partial charge >= 0.3 is 0 Å². The monoisotopic (exact) mass is 303 g/mol. The van der Waals surface area contributed by atoms with Crippen LogP contribution in [0.25, 0.3) is 11.2 Å². The van der Waals surface area contributed by atoms with E-state index in [2.05, 4.69) is 37.6 Å². The predicted molar refractivity (Wildman–Crippen MR) is 88.7 cm³/mol. The number of nitrogens with one attached hydrogen (secondary N) is 2. The first-order chi connectivity index (χ1) is 10.8. The van der Waals surface area contributed by atoms with Gasteiger partial charge in [0.05, 0.1) is 6.33 Å². The maximum absolute atomic E-state index is 4.63. The van der Waals surface area contributed by atoms with Crippen LogP contribution in [0.4, 0.5) is 11.8 Å². The molecule has 3 rings (SSSR count). The van der Waals surface area contributed by atoms with Gasteiger partial charge in [0.15, 0.2) is 17.0 Å². The summed E-state index contributed by atoms with van der Waals surface area (Å²) in [6.07, 6.45) is 7.82. The van der Waals surface area contributed by atoms with E-state index >= 15 is 0 Å². The lowest BCUT2D eigenvalue weighted by atomic mass is 10.2. The Bertz CT molecular complexity index is 616. The van der Waals surface area contributed by atoms with Gasteiger partial charge in [0.1, 0.15) is 0 Å². The fourth-order valence-electron chi connectivity index (χ4n) is 2.71. The van der Waals surface area contributed by atoms with E-state index in [0.29, 0.717) is 5.95 Å². The first-order valence-corrected chi connectivity index (χ1v) is 8.22. The lowest BCUT2D eigenvalue weighted by Crippen LogP contribution is -2.35. The van der Waals surface area contributed by atoms with E-state index in [4.69, 9.17) is 0 Å². The highest BCUT2D eigenvalue weighted by molar-refractivity contribution is 5.84. The van der Waals surface area contributed by atoms with Gasteiger partial charge < -0.3 is 9.88 Å². The fraction of sp³-hybridized carbons (Fsp3) is 0.667. The predicted octanol–water partition coefficient (Wildman–Crippen LogP) is 2.39. The average Bonchev–Trinajstić information content (AvgIpc) is 2.90. The van der Waals surface area contributed by atoms with Gasteiger partial charge in [-0.25, -0.2) is 9.99 Å². The van der Waals surface area contributed by atoms with Crippen LogP contribution in [0.2, 0.25) is 0 Å². The Kier molecular flexibility index (Phi) is 4.72. The maximum atomic E-state index is 4.63. The number of aromatic nitrogens is 4. The van der Waals surface area contributed by atoms with Crippen LogP contribution in [0.3, 0.4) is 0 Å². The standard InChI is InChI=1S/C15H25N7/c1-3-4-8-16-13-12-14(21(2)11-17-12)19-15(18-13)20-22-9-6-5-7-10-22/h11H,3-10H2,1-2H3,(H2,16,18,19,20). The molecule has 0 atom stereocenters. The summed E-state index contributed by atoms with van der Waals surface area (Å²) in [6.45, 7) is 5.18. The zero-order chi connectivity index (χ0) is 15.4. The molecular weight excluding hydrogens is 278 g/mol. The maximum Gasteiger partial charge on any atom is 0.241 e.